The second-order valence-electron chi connectivity index (χ2n) is 8.59. The van der Waals surface area contributed by atoms with Crippen molar-refractivity contribution in [3.8, 4) is 0 Å². The van der Waals surface area contributed by atoms with E-state index in [0.29, 0.717) is 35.4 Å². The van der Waals surface area contributed by atoms with Crippen molar-refractivity contribution < 1.29 is 13.2 Å². The number of carbonyl (C=O) groups is 1. The van der Waals surface area contributed by atoms with Gasteiger partial charge in [-0.15, -0.1) is 11.3 Å². The molecule has 1 unspecified atom stereocenters. The van der Waals surface area contributed by atoms with Crippen LogP contribution >= 0.6 is 34.3 Å². The third kappa shape index (κ3) is 4.63. The van der Waals surface area contributed by atoms with E-state index in [1.165, 1.54) is 21.7 Å². The first-order valence-corrected chi connectivity index (χ1v) is 14.7. The molecule has 0 N–H and O–H groups in total. The number of hydrogen-bond donors (Lipinski definition) is 0. The number of sulfonamides is 1. The molecular weight excluding hydrogens is 522 g/mol. The second kappa shape index (κ2) is 9.63. The minimum Gasteiger partial charge on any atom is -0.282 e. The van der Waals surface area contributed by atoms with Gasteiger partial charge in [-0.3, -0.25) is 9.69 Å². The molecule has 6 nitrogen and oxygen atoms in total. The molecule has 1 amide bonds. The number of thiazole rings is 1. The van der Waals surface area contributed by atoms with E-state index in [1.807, 2.05) is 50.2 Å². The van der Waals surface area contributed by atoms with Gasteiger partial charge in [0.15, 0.2) is 5.13 Å². The van der Waals surface area contributed by atoms with E-state index in [0.717, 1.165) is 38.2 Å². The molecule has 1 atom stereocenters. The molecule has 1 saturated heterocycles. The van der Waals surface area contributed by atoms with Crippen molar-refractivity contribution in [2.75, 3.05) is 11.4 Å². The van der Waals surface area contributed by atoms with Crippen molar-refractivity contribution in [2.24, 2.45) is 0 Å². The summed E-state index contributed by atoms with van der Waals surface area (Å²) in [7, 11) is -3.83. The lowest BCUT2D eigenvalue weighted by atomic mass is 10.1. The van der Waals surface area contributed by atoms with Crippen molar-refractivity contribution in [1.82, 2.24) is 9.29 Å². The largest absolute Gasteiger partial charge is 0.282 e. The summed E-state index contributed by atoms with van der Waals surface area (Å²) in [6, 6.07) is 16.1. The van der Waals surface area contributed by atoms with Gasteiger partial charge >= 0.3 is 0 Å². The molecule has 3 heterocycles. The Bertz CT molecular complexity index is 1500. The predicted molar refractivity (Wildman–Crippen MR) is 143 cm³/mol. The maximum absolute atomic E-state index is 14.0. The summed E-state index contributed by atoms with van der Waals surface area (Å²) in [5, 5.41) is 0.575. The Labute approximate surface area is 217 Å². The summed E-state index contributed by atoms with van der Waals surface area (Å²) in [6.45, 7) is 4.68. The van der Waals surface area contributed by atoms with Crippen LogP contribution in [0.4, 0.5) is 5.13 Å². The Morgan fingerprint density at radius 1 is 1.11 bits per heavy atom. The van der Waals surface area contributed by atoms with E-state index in [1.54, 1.807) is 11.0 Å². The molecule has 4 aromatic rings. The van der Waals surface area contributed by atoms with Crippen LogP contribution in [0.5, 0.6) is 0 Å². The highest BCUT2D eigenvalue weighted by molar-refractivity contribution is 7.91. The van der Waals surface area contributed by atoms with Crippen molar-refractivity contribution in [3.05, 3.63) is 75.6 Å². The zero-order chi connectivity index (χ0) is 24.7. The Kier molecular flexibility index (Phi) is 6.71. The van der Waals surface area contributed by atoms with Gasteiger partial charge in [0.25, 0.3) is 10.0 Å². The fourth-order valence-corrected chi connectivity index (χ4v) is 8.63. The minimum atomic E-state index is -3.83. The summed E-state index contributed by atoms with van der Waals surface area (Å²) < 4.78 is 29.7. The smallest absolute Gasteiger partial charge is 0.253 e. The molecule has 2 aromatic carbocycles. The monoisotopic (exact) mass is 545 g/mol. The van der Waals surface area contributed by atoms with E-state index in [4.69, 9.17) is 16.6 Å². The molecule has 2 aromatic heterocycles. The highest BCUT2D eigenvalue weighted by Crippen LogP contribution is 2.36. The number of rotatable bonds is 6. The number of aromatic nitrogens is 1. The Morgan fingerprint density at radius 3 is 2.60 bits per heavy atom. The minimum absolute atomic E-state index is 0.155. The number of hydrogen-bond acceptors (Lipinski definition) is 6. The van der Waals surface area contributed by atoms with Gasteiger partial charge in [-0.05, 0) is 61.6 Å². The molecule has 0 spiro atoms. The number of amides is 1. The summed E-state index contributed by atoms with van der Waals surface area (Å²) in [6.07, 6.45) is 1.08. The third-order valence-electron chi connectivity index (χ3n) is 6.35. The third-order valence-corrected chi connectivity index (χ3v) is 11.0. The molecule has 10 heteroatoms. The Balaban J connectivity index is 1.54. The molecule has 1 fully saturated rings. The lowest BCUT2D eigenvalue weighted by molar-refractivity contribution is -0.121. The molecule has 182 valence electrons. The lowest BCUT2D eigenvalue weighted by Crippen LogP contribution is -2.47. The average molecular weight is 546 g/mol. The molecule has 1 aliphatic heterocycles. The average Bonchev–Trinajstić information content (AvgIpc) is 3.60. The highest BCUT2D eigenvalue weighted by Gasteiger charge is 2.42. The van der Waals surface area contributed by atoms with E-state index in [2.05, 4.69) is 6.07 Å². The van der Waals surface area contributed by atoms with Crippen LogP contribution in [-0.2, 0) is 21.4 Å². The SMILES string of the molecule is Cc1ccc2sc(N(Cc3ccccc3)C(=O)C3CCCN3S(=O)(=O)c3ccc(Cl)s3)nc2c1C. The van der Waals surface area contributed by atoms with Gasteiger partial charge in [-0.1, -0.05) is 59.3 Å². The first-order valence-electron chi connectivity index (χ1n) is 11.2. The van der Waals surface area contributed by atoms with Crippen molar-refractivity contribution >= 4 is 65.6 Å². The van der Waals surface area contributed by atoms with Crippen molar-refractivity contribution in [1.29, 1.82) is 0 Å². The van der Waals surface area contributed by atoms with Crippen LogP contribution in [-0.4, -0.2) is 36.2 Å². The standard InChI is InChI=1S/C25H24ClN3O3S3/c1-16-10-11-20-23(17(16)2)27-25(33-20)28(15-18-7-4-3-5-8-18)24(30)19-9-6-14-29(19)35(31,32)22-13-12-21(26)34-22/h3-5,7-8,10-13,19H,6,9,14-15H2,1-2H3. The maximum Gasteiger partial charge on any atom is 0.253 e. The van der Waals surface area contributed by atoms with Crippen LogP contribution in [0.3, 0.4) is 0 Å². The van der Waals surface area contributed by atoms with E-state index in [-0.39, 0.29) is 10.1 Å². The molecule has 0 saturated carbocycles. The number of anilines is 1. The maximum atomic E-state index is 14.0. The topological polar surface area (TPSA) is 70.6 Å². The zero-order valence-electron chi connectivity index (χ0n) is 19.3. The summed E-state index contributed by atoms with van der Waals surface area (Å²) in [4.78, 5) is 20.5. The number of thiophene rings is 1. The summed E-state index contributed by atoms with van der Waals surface area (Å²) >= 11 is 8.47. The molecule has 0 radical (unpaired) electrons. The summed E-state index contributed by atoms with van der Waals surface area (Å²) in [5.41, 5.74) is 4.04. The number of carbonyl (C=O) groups excluding carboxylic acids is 1. The fourth-order valence-electron chi connectivity index (χ4n) is 4.34. The normalized spacial score (nSPS) is 16.7. The van der Waals surface area contributed by atoms with Crippen LogP contribution in [0.2, 0.25) is 4.34 Å². The number of benzene rings is 2. The van der Waals surface area contributed by atoms with Gasteiger partial charge in [0.1, 0.15) is 10.3 Å². The number of aryl methyl sites for hydroxylation is 2. The summed E-state index contributed by atoms with van der Waals surface area (Å²) in [5.74, 6) is -0.258. The van der Waals surface area contributed by atoms with E-state index < -0.39 is 16.1 Å². The van der Waals surface area contributed by atoms with E-state index >= 15 is 0 Å². The van der Waals surface area contributed by atoms with Crippen molar-refractivity contribution in [2.45, 2.75) is 43.5 Å². The molecule has 5 rings (SSSR count). The molecule has 0 aliphatic carbocycles. The van der Waals surface area contributed by atoms with Gasteiger partial charge < -0.3 is 0 Å². The predicted octanol–water partition coefficient (Wildman–Crippen LogP) is 6.01. The van der Waals surface area contributed by atoms with Crippen molar-refractivity contribution in [3.63, 3.8) is 0 Å². The zero-order valence-corrected chi connectivity index (χ0v) is 22.5. The first-order chi connectivity index (χ1) is 16.8. The van der Waals surface area contributed by atoms with Crippen LogP contribution in [0.25, 0.3) is 10.2 Å². The Hall–Kier alpha value is -2.30. The lowest BCUT2D eigenvalue weighted by Gasteiger charge is -2.28. The van der Waals surface area contributed by atoms with Gasteiger partial charge in [-0.25, -0.2) is 13.4 Å². The molecule has 1 aliphatic rings. The number of halogens is 1. The number of nitrogens with zero attached hydrogens (tertiary/aromatic N) is 3. The second-order valence-corrected chi connectivity index (χ2v) is 13.4. The fraction of sp³-hybridized carbons (Fsp3) is 0.280. The first kappa shape index (κ1) is 24.4. The number of fused-ring (bicyclic) bond motifs is 1. The quantitative estimate of drug-likeness (QED) is 0.297. The van der Waals surface area contributed by atoms with Gasteiger partial charge in [0.2, 0.25) is 5.91 Å². The van der Waals surface area contributed by atoms with Gasteiger partial charge in [0.05, 0.1) is 21.1 Å². The van der Waals surface area contributed by atoms with E-state index in [9.17, 15) is 13.2 Å². The van der Waals surface area contributed by atoms with Gasteiger partial charge in [-0.2, -0.15) is 4.31 Å². The van der Waals surface area contributed by atoms with Crippen LogP contribution < -0.4 is 4.90 Å². The molecule has 0 bridgehead atoms. The van der Waals surface area contributed by atoms with Crippen LogP contribution in [0, 0.1) is 13.8 Å². The highest BCUT2D eigenvalue weighted by atomic mass is 35.5. The van der Waals surface area contributed by atoms with Crippen LogP contribution in [0.1, 0.15) is 29.5 Å². The van der Waals surface area contributed by atoms with Crippen LogP contribution in [0.15, 0.2) is 58.8 Å². The molecule has 35 heavy (non-hydrogen) atoms. The van der Waals surface area contributed by atoms with Gasteiger partial charge in [0, 0.05) is 6.54 Å². The molecular formula is C25H24ClN3O3S3. The Morgan fingerprint density at radius 2 is 1.89 bits per heavy atom.